The van der Waals surface area contributed by atoms with Crippen LogP contribution in [0.2, 0.25) is 0 Å². The lowest BCUT2D eigenvalue weighted by Crippen LogP contribution is -2.21. The van der Waals surface area contributed by atoms with Crippen molar-refractivity contribution in [3.8, 4) is 22.6 Å². The van der Waals surface area contributed by atoms with Gasteiger partial charge in [0.05, 0.1) is 0 Å². The number of ether oxygens (including phenoxy) is 1. The molecule has 4 rings (SSSR count). The molecule has 6 nitrogen and oxygen atoms in total. The first kappa shape index (κ1) is 24.4. The summed E-state index contributed by atoms with van der Waals surface area (Å²) < 4.78 is 48.4. The van der Waals surface area contributed by atoms with E-state index >= 15 is 0 Å². The van der Waals surface area contributed by atoms with Gasteiger partial charge in [0.1, 0.15) is 17.3 Å². The van der Waals surface area contributed by atoms with Crippen molar-refractivity contribution in [2.24, 2.45) is 7.05 Å². The molecule has 1 N–H and O–H groups in total. The molecule has 0 fully saturated rings. The molecule has 3 aromatic carbocycles. The number of nitrogens with one attached hydrogen (secondary N) is 1. The fourth-order valence-corrected chi connectivity index (χ4v) is 4.61. The molecule has 0 aliphatic carbocycles. The molecule has 0 amide bonds. The lowest BCUT2D eigenvalue weighted by molar-refractivity contribution is 0.473. The van der Waals surface area contributed by atoms with Crippen molar-refractivity contribution >= 4 is 20.8 Å². The number of sulfonamides is 1. The number of hydrogen-bond acceptors (Lipinski definition) is 4. The average Bonchev–Trinajstić information content (AvgIpc) is 2.82. The van der Waals surface area contributed by atoms with Gasteiger partial charge < -0.3 is 9.30 Å². The van der Waals surface area contributed by atoms with Crippen LogP contribution in [0.25, 0.3) is 21.9 Å². The number of fused-ring (bicyclic) bond motifs is 1. The second-order valence-corrected chi connectivity index (χ2v) is 10.0. The first-order chi connectivity index (χ1) is 16.6. The van der Waals surface area contributed by atoms with Crippen molar-refractivity contribution in [3.05, 3.63) is 106 Å². The summed E-state index contributed by atoms with van der Waals surface area (Å²) in [5, 5.41) is 2.07. The predicted octanol–water partition coefficient (Wildman–Crippen LogP) is 5.32. The summed E-state index contributed by atoms with van der Waals surface area (Å²) >= 11 is 0. The molecule has 0 saturated heterocycles. The van der Waals surface area contributed by atoms with Crippen LogP contribution in [0.3, 0.4) is 0 Å². The fraction of sp³-hybridized carbons (Fsp3) is 0.148. The summed E-state index contributed by atoms with van der Waals surface area (Å²) in [7, 11) is -2.02. The zero-order chi connectivity index (χ0) is 25.3. The maximum Gasteiger partial charge on any atom is 0.258 e. The number of aryl methyl sites for hydroxylation is 3. The van der Waals surface area contributed by atoms with E-state index in [-0.39, 0.29) is 17.9 Å². The molecule has 0 aliphatic rings. The first-order valence-electron chi connectivity index (χ1n) is 10.9. The van der Waals surface area contributed by atoms with Gasteiger partial charge in [-0.3, -0.25) is 4.79 Å². The van der Waals surface area contributed by atoms with E-state index in [2.05, 4.69) is 11.3 Å². The van der Waals surface area contributed by atoms with Gasteiger partial charge in [-0.1, -0.05) is 36.9 Å². The van der Waals surface area contributed by atoms with Gasteiger partial charge in [0.15, 0.2) is 0 Å². The maximum atomic E-state index is 13.9. The molecule has 0 bridgehead atoms. The number of halogens is 1. The summed E-state index contributed by atoms with van der Waals surface area (Å²) in [4.78, 5) is 12.8. The average molecular weight is 493 g/mol. The molecule has 0 aliphatic heterocycles. The number of benzene rings is 3. The highest BCUT2D eigenvalue weighted by Gasteiger charge is 2.20. The van der Waals surface area contributed by atoms with E-state index in [1.54, 1.807) is 57.4 Å². The van der Waals surface area contributed by atoms with Crippen LogP contribution >= 0.6 is 0 Å². The van der Waals surface area contributed by atoms with Crippen LogP contribution in [0.4, 0.5) is 4.39 Å². The second-order valence-electron chi connectivity index (χ2n) is 8.30. The van der Waals surface area contributed by atoms with Crippen LogP contribution in [0, 0.1) is 19.7 Å². The number of rotatable bonds is 7. The summed E-state index contributed by atoms with van der Waals surface area (Å²) in [6, 6.07) is 15.3. The van der Waals surface area contributed by atoms with E-state index in [1.807, 2.05) is 12.1 Å². The molecule has 1 aromatic heterocycles. The van der Waals surface area contributed by atoms with Crippen LogP contribution in [-0.2, 0) is 23.6 Å². The van der Waals surface area contributed by atoms with Crippen LogP contribution in [0.1, 0.15) is 16.7 Å². The lowest BCUT2D eigenvalue weighted by Gasteiger charge is -2.20. The molecular formula is C27H25FN2O4S. The third-order valence-electron chi connectivity index (χ3n) is 5.79. The van der Waals surface area contributed by atoms with Crippen molar-refractivity contribution < 1.29 is 17.5 Å². The van der Waals surface area contributed by atoms with Gasteiger partial charge in [-0.05, 0) is 60.2 Å². The van der Waals surface area contributed by atoms with Gasteiger partial charge in [-0.2, -0.15) is 0 Å². The summed E-state index contributed by atoms with van der Waals surface area (Å²) in [5.41, 5.74) is 3.04. The maximum absolute atomic E-state index is 13.9. The monoisotopic (exact) mass is 492 g/mol. The van der Waals surface area contributed by atoms with Crippen LogP contribution < -0.4 is 15.0 Å². The van der Waals surface area contributed by atoms with Crippen LogP contribution in [-0.4, -0.2) is 13.0 Å². The van der Waals surface area contributed by atoms with Gasteiger partial charge in [0.2, 0.25) is 10.0 Å². The molecule has 0 spiro atoms. The number of pyridine rings is 1. The van der Waals surface area contributed by atoms with Gasteiger partial charge in [-0.15, -0.1) is 0 Å². The van der Waals surface area contributed by atoms with E-state index in [1.165, 1.54) is 16.7 Å². The molecular weight excluding hydrogens is 467 g/mol. The summed E-state index contributed by atoms with van der Waals surface area (Å²) in [5.74, 6) is 0.594. The Bertz CT molecular complexity index is 1600. The van der Waals surface area contributed by atoms with Crippen molar-refractivity contribution in [1.82, 2.24) is 9.29 Å². The third-order valence-corrected chi connectivity index (χ3v) is 6.78. The minimum absolute atomic E-state index is 0.0283. The minimum atomic E-state index is -3.69. The predicted molar refractivity (Wildman–Crippen MR) is 137 cm³/mol. The van der Waals surface area contributed by atoms with Crippen LogP contribution in [0.5, 0.6) is 11.5 Å². The highest BCUT2D eigenvalue weighted by molar-refractivity contribution is 7.92. The van der Waals surface area contributed by atoms with Gasteiger partial charge in [0.25, 0.3) is 5.56 Å². The minimum Gasteiger partial charge on any atom is -0.456 e. The molecule has 1 heterocycles. The molecule has 4 aromatic rings. The Kier molecular flexibility index (Phi) is 6.60. The quantitative estimate of drug-likeness (QED) is 0.379. The molecule has 0 unspecified atom stereocenters. The van der Waals surface area contributed by atoms with Gasteiger partial charge in [-0.25, -0.2) is 17.5 Å². The van der Waals surface area contributed by atoms with Crippen molar-refractivity contribution in [2.45, 2.75) is 20.4 Å². The number of hydrogen-bond donors (Lipinski definition) is 1. The number of nitrogens with zero attached hydrogens (tertiary/aromatic N) is 1. The fourth-order valence-electron chi connectivity index (χ4n) is 4.14. The van der Waals surface area contributed by atoms with Gasteiger partial charge in [0, 0.05) is 41.7 Å². The van der Waals surface area contributed by atoms with Gasteiger partial charge >= 0.3 is 0 Å². The van der Waals surface area contributed by atoms with Crippen molar-refractivity contribution in [3.63, 3.8) is 0 Å². The summed E-state index contributed by atoms with van der Waals surface area (Å²) in [6.45, 7) is 6.83. The lowest BCUT2D eigenvalue weighted by atomic mass is 9.95. The second kappa shape index (κ2) is 9.48. The zero-order valence-electron chi connectivity index (χ0n) is 19.6. The Labute approximate surface area is 203 Å². The molecule has 0 radical (unpaired) electrons. The normalized spacial score (nSPS) is 11.5. The standard InChI is InChI=1S/C27H25FN2O4S/c1-5-35(32,33)29-15-19-9-8-12-24(34-26-17(2)13-20(28)14-18(26)3)25(19)23-16-30(4)27(31)22-11-7-6-10-21(22)23/h5-14,16,29H,1,15H2,2-4H3. The Morgan fingerprint density at radius 3 is 2.37 bits per heavy atom. The third kappa shape index (κ3) is 4.89. The highest BCUT2D eigenvalue weighted by Crippen LogP contribution is 2.40. The largest absolute Gasteiger partial charge is 0.456 e. The summed E-state index contributed by atoms with van der Waals surface area (Å²) in [6.07, 6.45) is 1.71. The Hall–Kier alpha value is -3.75. The highest BCUT2D eigenvalue weighted by atomic mass is 32.2. The molecule has 35 heavy (non-hydrogen) atoms. The van der Waals surface area contributed by atoms with E-state index in [0.717, 1.165) is 5.41 Å². The van der Waals surface area contributed by atoms with Crippen molar-refractivity contribution in [2.75, 3.05) is 0 Å². The molecule has 0 atom stereocenters. The van der Waals surface area contributed by atoms with E-state index < -0.39 is 10.0 Å². The first-order valence-corrected chi connectivity index (χ1v) is 12.4. The van der Waals surface area contributed by atoms with Crippen LogP contribution in [0.15, 0.2) is 77.6 Å². The Balaban J connectivity index is 1.99. The van der Waals surface area contributed by atoms with E-state index in [4.69, 9.17) is 4.74 Å². The Morgan fingerprint density at radius 2 is 1.71 bits per heavy atom. The SMILES string of the molecule is C=CS(=O)(=O)NCc1cccc(Oc2c(C)cc(F)cc2C)c1-c1cn(C)c(=O)c2ccccc12. The molecule has 0 saturated carbocycles. The Morgan fingerprint density at radius 1 is 1.06 bits per heavy atom. The van der Waals surface area contributed by atoms with Crippen molar-refractivity contribution in [1.29, 1.82) is 0 Å². The molecule has 8 heteroatoms. The molecule has 180 valence electrons. The van der Waals surface area contributed by atoms with E-state index in [9.17, 15) is 17.6 Å². The number of aromatic nitrogens is 1. The van der Waals surface area contributed by atoms with E-state index in [0.29, 0.717) is 50.1 Å². The topological polar surface area (TPSA) is 77.4 Å². The smallest absolute Gasteiger partial charge is 0.258 e. The zero-order valence-corrected chi connectivity index (χ0v) is 20.4.